The van der Waals surface area contributed by atoms with Crippen LogP contribution in [0.15, 0.2) is 40.8 Å². The highest BCUT2D eigenvalue weighted by atomic mass is 32.2. The zero-order valence-electron chi connectivity index (χ0n) is 17.2. The van der Waals surface area contributed by atoms with E-state index in [4.69, 9.17) is 4.42 Å². The van der Waals surface area contributed by atoms with Crippen molar-refractivity contribution in [1.82, 2.24) is 4.90 Å². The van der Waals surface area contributed by atoms with Crippen molar-refractivity contribution in [1.29, 1.82) is 0 Å². The van der Waals surface area contributed by atoms with E-state index < -0.39 is 27.6 Å². The Morgan fingerprint density at radius 2 is 1.93 bits per heavy atom. The number of fused-ring (bicyclic) bond motifs is 1. The Morgan fingerprint density at radius 1 is 1.20 bits per heavy atom. The van der Waals surface area contributed by atoms with Crippen LogP contribution < -0.4 is 0 Å². The van der Waals surface area contributed by atoms with Gasteiger partial charge in [0.15, 0.2) is 15.6 Å². The molecule has 2 heterocycles. The fourth-order valence-corrected chi connectivity index (χ4v) is 5.93. The number of hydrogen-bond acceptors (Lipinski definition) is 4. The second kappa shape index (κ2) is 7.54. The molecule has 0 aliphatic carbocycles. The molecule has 0 N–H and O–H groups in total. The van der Waals surface area contributed by atoms with Gasteiger partial charge >= 0.3 is 0 Å². The number of furan rings is 1. The molecule has 1 amide bonds. The predicted molar refractivity (Wildman–Crippen MR) is 114 cm³/mol. The normalized spacial score (nSPS) is 18.1. The van der Waals surface area contributed by atoms with Gasteiger partial charge in [0.2, 0.25) is 0 Å². The summed E-state index contributed by atoms with van der Waals surface area (Å²) in [6, 6.07) is 9.67. The lowest BCUT2D eigenvalue weighted by atomic mass is 10.0. The summed E-state index contributed by atoms with van der Waals surface area (Å²) in [5.74, 6) is -0.754. The van der Waals surface area contributed by atoms with Gasteiger partial charge in [-0.05, 0) is 50.5 Å². The largest absolute Gasteiger partial charge is 0.450 e. The molecule has 0 bridgehead atoms. The first-order valence-corrected chi connectivity index (χ1v) is 11.7. The van der Waals surface area contributed by atoms with Crippen molar-refractivity contribution in [2.75, 3.05) is 11.5 Å². The molecule has 5 nitrogen and oxygen atoms in total. The molecule has 3 aromatic rings. The van der Waals surface area contributed by atoms with Gasteiger partial charge < -0.3 is 9.32 Å². The first-order chi connectivity index (χ1) is 14.2. The number of hydrogen-bond donors (Lipinski definition) is 0. The van der Waals surface area contributed by atoms with Gasteiger partial charge in [-0.15, -0.1) is 0 Å². The number of nitrogens with zero attached hydrogens (tertiary/aromatic N) is 1. The number of halogens is 1. The Balaban J connectivity index is 1.78. The van der Waals surface area contributed by atoms with Crippen molar-refractivity contribution in [3.63, 3.8) is 0 Å². The van der Waals surface area contributed by atoms with E-state index in [0.29, 0.717) is 23.1 Å². The Morgan fingerprint density at radius 3 is 2.60 bits per heavy atom. The van der Waals surface area contributed by atoms with Gasteiger partial charge in [-0.3, -0.25) is 4.79 Å². The Hall–Kier alpha value is -2.67. The summed E-state index contributed by atoms with van der Waals surface area (Å²) in [7, 11) is -3.22. The Bertz CT molecular complexity index is 1250. The van der Waals surface area contributed by atoms with E-state index in [0.717, 1.165) is 16.5 Å². The molecular formula is C23H24FNO4S. The lowest BCUT2D eigenvalue weighted by molar-refractivity contribution is 0.0647. The van der Waals surface area contributed by atoms with E-state index in [9.17, 15) is 17.6 Å². The fourth-order valence-electron chi connectivity index (χ4n) is 4.20. The third kappa shape index (κ3) is 3.74. The molecule has 30 heavy (non-hydrogen) atoms. The predicted octanol–water partition coefficient (Wildman–Crippen LogP) is 4.33. The van der Waals surface area contributed by atoms with Crippen molar-refractivity contribution in [2.45, 2.75) is 39.8 Å². The molecule has 1 aliphatic heterocycles. The lowest BCUT2D eigenvalue weighted by Gasteiger charge is -2.28. The number of amides is 1. The third-order valence-corrected chi connectivity index (χ3v) is 7.52. The number of rotatable bonds is 4. The highest BCUT2D eigenvalue weighted by molar-refractivity contribution is 7.91. The van der Waals surface area contributed by atoms with Crippen molar-refractivity contribution in [3.8, 4) is 0 Å². The van der Waals surface area contributed by atoms with Crippen LogP contribution in [-0.2, 0) is 16.4 Å². The summed E-state index contributed by atoms with van der Waals surface area (Å²) in [4.78, 5) is 15.0. The second-order valence-corrected chi connectivity index (χ2v) is 10.3. The van der Waals surface area contributed by atoms with E-state index in [1.54, 1.807) is 18.2 Å². The van der Waals surface area contributed by atoms with Crippen LogP contribution in [0.5, 0.6) is 0 Å². The SMILES string of the molecule is Cc1cc(C)c2oc(C(=O)N(Cc3ccccc3F)[C@H]3CCS(=O)(=O)C3)c(C)c2c1. The molecule has 1 atom stereocenters. The fraction of sp³-hybridized carbons (Fsp3) is 0.348. The lowest BCUT2D eigenvalue weighted by Crippen LogP contribution is -2.41. The van der Waals surface area contributed by atoms with Crippen molar-refractivity contribution >= 4 is 26.7 Å². The summed E-state index contributed by atoms with van der Waals surface area (Å²) in [6.45, 7) is 5.71. The van der Waals surface area contributed by atoms with Crippen molar-refractivity contribution in [2.24, 2.45) is 0 Å². The molecule has 158 valence electrons. The minimum Gasteiger partial charge on any atom is -0.450 e. The smallest absolute Gasteiger partial charge is 0.290 e. The zero-order valence-corrected chi connectivity index (χ0v) is 18.1. The van der Waals surface area contributed by atoms with Gasteiger partial charge in [-0.2, -0.15) is 0 Å². The highest BCUT2D eigenvalue weighted by Crippen LogP contribution is 2.31. The second-order valence-electron chi connectivity index (χ2n) is 8.10. The van der Waals surface area contributed by atoms with Crippen molar-refractivity contribution in [3.05, 3.63) is 70.2 Å². The summed E-state index contributed by atoms with van der Waals surface area (Å²) >= 11 is 0. The molecule has 2 aromatic carbocycles. The van der Waals surface area contributed by atoms with Crippen LogP contribution in [0.3, 0.4) is 0 Å². The van der Waals surface area contributed by atoms with Crippen molar-refractivity contribution < 1.29 is 22.0 Å². The highest BCUT2D eigenvalue weighted by Gasteiger charge is 2.37. The maximum Gasteiger partial charge on any atom is 0.290 e. The zero-order chi connectivity index (χ0) is 21.6. The average molecular weight is 430 g/mol. The molecule has 1 fully saturated rings. The van der Waals surface area contributed by atoms with Gasteiger partial charge in [0.05, 0.1) is 11.5 Å². The molecule has 0 unspecified atom stereocenters. The first kappa shape index (κ1) is 20.6. The standard InChI is InChI=1S/C23H24FNO4S/c1-14-10-15(2)21-19(11-14)16(3)22(29-21)23(26)25(18-8-9-30(27,28)13-18)12-17-6-4-5-7-20(17)24/h4-7,10-11,18H,8-9,12-13H2,1-3H3/t18-/m0/s1. The molecule has 1 aliphatic rings. The minimum absolute atomic E-state index is 0.0137. The van der Waals surface area contributed by atoms with E-state index in [2.05, 4.69) is 0 Å². The number of sulfone groups is 1. The van der Waals surface area contributed by atoms with Gasteiger partial charge in [0.1, 0.15) is 11.4 Å². The number of benzene rings is 2. The van der Waals surface area contributed by atoms with Gasteiger partial charge in [0.25, 0.3) is 5.91 Å². The summed E-state index contributed by atoms with van der Waals surface area (Å²) in [6.07, 6.45) is 0.333. The molecule has 0 saturated carbocycles. The molecule has 1 aromatic heterocycles. The molecule has 0 spiro atoms. The first-order valence-electron chi connectivity index (χ1n) is 9.91. The molecular weight excluding hydrogens is 405 g/mol. The summed E-state index contributed by atoms with van der Waals surface area (Å²) in [5.41, 5.74) is 3.69. The van der Waals surface area contributed by atoms with E-state index in [1.165, 1.54) is 11.0 Å². The maximum absolute atomic E-state index is 14.3. The van der Waals surface area contributed by atoms with Gasteiger partial charge in [-0.1, -0.05) is 24.3 Å². The Labute approximate surface area is 175 Å². The van der Waals surface area contributed by atoms with E-state index in [-0.39, 0.29) is 23.8 Å². The topological polar surface area (TPSA) is 67.6 Å². The quantitative estimate of drug-likeness (QED) is 0.619. The van der Waals surface area contributed by atoms with E-state index in [1.807, 2.05) is 32.9 Å². The summed E-state index contributed by atoms with van der Waals surface area (Å²) < 4.78 is 44.4. The van der Waals surface area contributed by atoms with Crippen LogP contribution in [0.2, 0.25) is 0 Å². The monoisotopic (exact) mass is 429 g/mol. The van der Waals surface area contributed by atoms with Crippen LogP contribution in [0.4, 0.5) is 4.39 Å². The van der Waals surface area contributed by atoms with Crippen LogP contribution in [0.1, 0.15) is 39.2 Å². The van der Waals surface area contributed by atoms with Crippen LogP contribution in [0, 0.1) is 26.6 Å². The third-order valence-electron chi connectivity index (χ3n) is 5.77. The number of carbonyl (C=O) groups is 1. The molecule has 4 rings (SSSR count). The van der Waals surface area contributed by atoms with E-state index >= 15 is 0 Å². The Kier molecular flexibility index (Phi) is 5.18. The summed E-state index contributed by atoms with van der Waals surface area (Å²) in [5, 5.41) is 0.862. The minimum atomic E-state index is -3.22. The maximum atomic E-state index is 14.3. The van der Waals surface area contributed by atoms with Crippen LogP contribution in [0.25, 0.3) is 11.0 Å². The number of carbonyl (C=O) groups excluding carboxylic acids is 1. The van der Waals surface area contributed by atoms with Gasteiger partial charge in [-0.25, -0.2) is 12.8 Å². The van der Waals surface area contributed by atoms with Crippen LogP contribution >= 0.6 is 0 Å². The molecule has 1 saturated heterocycles. The van der Waals surface area contributed by atoms with Crippen LogP contribution in [-0.4, -0.2) is 36.8 Å². The van der Waals surface area contributed by atoms with Gasteiger partial charge in [0, 0.05) is 29.1 Å². The molecule has 0 radical (unpaired) electrons. The molecule has 7 heteroatoms. The number of aryl methyl sites for hydroxylation is 3. The average Bonchev–Trinajstić information content (AvgIpc) is 3.20.